The zero-order chi connectivity index (χ0) is 14.2. The van der Waals surface area contributed by atoms with E-state index in [1.54, 1.807) is 0 Å². The summed E-state index contributed by atoms with van der Waals surface area (Å²) in [5.74, 6) is 0.421. The first-order chi connectivity index (χ1) is 9.56. The first-order valence-electron chi connectivity index (χ1n) is 7.00. The number of hydrogen-bond acceptors (Lipinski definition) is 2. The SMILES string of the molecule is CC1(C)N[C@@H](c2ccc(Cl)cc2)C[C@H]1c1ccccn1. The molecule has 1 aromatic carbocycles. The second kappa shape index (κ2) is 5.19. The molecule has 1 aliphatic rings. The Kier molecular flexibility index (Phi) is 3.53. The van der Waals surface area contributed by atoms with Crippen LogP contribution < -0.4 is 5.32 Å². The van der Waals surface area contributed by atoms with Crippen LogP contribution >= 0.6 is 11.6 Å². The van der Waals surface area contributed by atoms with Crippen LogP contribution in [-0.2, 0) is 0 Å². The lowest BCUT2D eigenvalue weighted by molar-refractivity contribution is 0.393. The Hall–Kier alpha value is -1.38. The number of pyridine rings is 1. The Balaban J connectivity index is 1.87. The minimum atomic E-state index is 0.0403. The van der Waals surface area contributed by atoms with Crippen molar-refractivity contribution in [2.24, 2.45) is 0 Å². The smallest absolute Gasteiger partial charge is 0.0453 e. The van der Waals surface area contributed by atoms with E-state index in [2.05, 4.69) is 48.4 Å². The average molecular weight is 287 g/mol. The topological polar surface area (TPSA) is 24.9 Å². The van der Waals surface area contributed by atoms with Crippen molar-refractivity contribution in [1.82, 2.24) is 10.3 Å². The van der Waals surface area contributed by atoms with E-state index in [0.717, 1.165) is 11.4 Å². The molecular formula is C17H19ClN2. The van der Waals surface area contributed by atoms with Crippen LogP contribution in [0.25, 0.3) is 0 Å². The lowest BCUT2D eigenvalue weighted by Gasteiger charge is -2.27. The van der Waals surface area contributed by atoms with Gasteiger partial charge in [-0.3, -0.25) is 4.98 Å². The summed E-state index contributed by atoms with van der Waals surface area (Å²) in [6, 6.07) is 14.6. The molecule has 20 heavy (non-hydrogen) atoms. The molecule has 2 aromatic rings. The molecule has 3 rings (SSSR count). The lowest BCUT2D eigenvalue weighted by Crippen LogP contribution is -2.38. The summed E-state index contributed by atoms with van der Waals surface area (Å²) in [7, 11) is 0. The molecule has 0 aliphatic carbocycles. The van der Waals surface area contributed by atoms with E-state index < -0.39 is 0 Å². The normalized spacial score (nSPS) is 24.8. The van der Waals surface area contributed by atoms with Crippen LogP contribution in [0.3, 0.4) is 0 Å². The molecule has 1 N–H and O–H groups in total. The third-order valence-corrected chi connectivity index (χ3v) is 4.46. The predicted molar refractivity (Wildman–Crippen MR) is 83.0 cm³/mol. The Morgan fingerprint density at radius 2 is 1.90 bits per heavy atom. The third-order valence-electron chi connectivity index (χ3n) is 4.21. The maximum Gasteiger partial charge on any atom is 0.0453 e. The number of nitrogens with zero attached hydrogens (tertiary/aromatic N) is 1. The van der Waals surface area contributed by atoms with Gasteiger partial charge >= 0.3 is 0 Å². The fraction of sp³-hybridized carbons (Fsp3) is 0.353. The van der Waals surface area contributed by atoms with Crippen LogP contribution in [0, 0.1) is 0 Å². The molecule has 0 spiro atoms. The van der Waals surface area contributed by atoms with Gasteiger partial charge in [0.2, 0.25) is 0 Å². The molecular weight excluding hydrogens is 268 g/mol. The highest BCUT2D eigenvalue weighted by atomic mass is 35.5. The zero-order valence-corrected chi connectivity index (χ0v) is 12.6. The van der Waals surface area contributed by atoms with E-state index >= 15 is 0 Å². The van der Waals surface area contributed by atoms with Gasteiger partial charge in [-0.2, -0.15) is 0 Å². The van der Waals surface area contributed by atoms with Crippen LogP contribution in [0.5, 0.6) is 0 Å². The van der Waals surface area contributed by atoms with Gasteiger partial charge < -0.3 is 5.32 Å². The Morgan fingerprint density at radius 3 is 2.55 bits per heavy atom. The number of aromatic nitrogens is 1. The Morgan fingerprint density at radius 1 is 1.15 bits per heavy atom. The van der Waals surface area contributed by atoms with Crippen LogP contribution in [0.2, 0.25) is 5.02 Å². The maximum atomic E-state index is 5.97. The highest BCUT2D eigenvalue weighted by molar-refractivity contribution is 6.30. The van der Waals surface area contributed by atoms with Gasteiger partial charge in [0.25, 0.3) is 0 Å². The van der Waals surface area contributed by atoms with Crippen molar-refractivity contribution in [2.75, 3.05) is 0 Å². The Labute approximate surface area is 125 Å². The summed E-state index contributed by atoms with van der Waals surface area (Å²) >= 11 is 5.97. The van der Waals surface area contributed by atoms with Crippen molar-refractivity contribution in [1.29, 1.82) is 0 Å². The summed E-state index contributed by atoms with van der Waals surface area (Å²) in [6.45, 7) is 4.50. The molecule has 1 saturated heterocycles. The van der Waals surface area contributed by atoms with E-state index in [1.807, 2.05) is 24.4 Å². The quantitative estimate of drug-likeness (QED) is 0.889. The van der Waals surface area contributed by atoms with Gasteiger partial charge in [-0.25, -0.2) is 0 Å². The fourth-order valence-corrected chi connectivity index (χ4v) is 3.25. The predicted octanol–water partition coefficient (Wildman–Crippen LogP) is 4.33. The Bertz CT molecular complexity index is 578. The van der Waals surface area contributed by atoms with E-state index in [0.29, 0.717) is 12.0 Å². The van der Waals surface area contributed by atoms with Crippen LogP contribution in [0.4, 0.5) is 0 Å². The second-order valence-corrected chi connectivity index (χ2v) is 6.45. The number of rotatable bonds is 2. The molecule has 2 atom stereocenters. The number of halogens is 1. The van der Waals surface area contributed by atoms with Crippen molar-refractivity contribution in [3.63, 3.8) is 0 Å². The number of hydrogen-bond donors (Lipinski definition) is 1. The van der Waals surface area contributed by atoms with E-state index in [-0.39, 0.29) is 5.54 Å². The average Bonchev–Trinajstić information content (AvgIpc) is 2.76. The molecule has 1 aromatic heterocycles. The van der Waals surface area contributed by atoms with E-state index in [4.69, 9.17) is 11.6 Å². The van der Waals surface area contributed by atoms with Gasteiger partial charge in [-0.15, -0.1) is 0 Å². The van der Waals surface area contributed by atoms with Gasteiger partial charge in [-0.05, 0) is 50.1 Å². The lowest BCUT2D eigenvalue weighted by atomic mass is 9.85. The second-order valence-electron chi connectivity index (χ2n) is 6.01. The standard InChI is InChI=1S/C17H19ClN2/c1-17(2)14(15-5-3-4-10-19-15)11-16(20-17)12-6-8-13(18)9-7-12/h3-10,14,16,20H,11H2,1-2H3/t14-,16+/m0/s1. The highest BCUT2D eigenvalue weighted by Gasteiger charge is 2.41. The molecule has 0 radical (unpaired) electrons. The summed E-state index contributed by atoms with van der Waals surface area (Å²) in [4.78, 5) is 4.54. The van der Waals surface area contributed by atoms with E-state index in [9.17, 15) is 0 Å². The molecule has 2 nitrogen and oxygen atoms in total. The van der Waals surface area contributed by atoms with Crippen molar-refractivity contribution in [2.45, 2.75) is 37.8 Å². The van der Waals surface area contributed by atoms with Crippen molar-refractivity contribution in [3.05, 3.63) is 64.9 Å². The van der Waals surface area contributed by atoms with Gasteiger partial charge in [0.05, 0.1) is 0 Å². The summed E-state index contributed by atoms with van der Waals surface area (Å²) in [5.41, 5.74) is 2.50. The molecule has 1 fully saturated rings. The molecule has 0 bridgehead atoms. The third kappa shape index (κ3) is 2.58. The molecule has 0 saturated carbocycles. The molecule has 2 heterocycles. The molecule has 104 valence electrons. The van der Waals surface area contributed by atoms with E-state index in [1.165, 1.54) is 11.3 Å². The van der Waals surface area contributed by atoms with Crippen molar-refractivity contribution in [3.8, 4) is 0 Å². The van der Waals surface area contributed by atoms with Crippen LogP contribution in [0.1, 0.15) is 43.5 Å². The summed E-state index contributed by atoms with van der Waals surface area (Å²) in [6.07, 6.45) is 2.94. The first kappa shape index (κ1) is 13.6. The fourth-order valence-electron chi connectivity index (χ4n) is 3.13. The minimum absolute atomic E-state index is 0.0403. The maximum absolute atomic E-state index is 5.97. The van der Waals surface area contributed by atoms with Gasteiger partial charge in [0, 0.05) is 34.4 Å². The summed E-state index contributed by atoms with van der Waals surface area (Å²) in [5, 5.41) is 4.52. The van der Waals surface area contributed by atoms with Crippen molar-refractivity contribution < 1.29 is 0 Å². The first-order valence-corrected chi connectivity index (χ1v) is 7.38. The molecule has 1 aliphatic heterocycles. The molecule has 3 heteroatoms. The molecule has 0 unspecified atom stereocenters. The zero-order valence-electron chi connectivity index (χ0n) is 11.8. The number of benzene rings is 1. The van der Waals surface area contributed by atoms with Gasteiger partial charge in [0.1, 0.15) is 0 Å². The number of nitrogens with one attached hydrogen (secondary N) is 1. The highest BCUT2D eigenvalue weighted by Crippen LogP contribution is 2.43. The van der Waals surface area contributed by atoms with Crippen LogP contribution in [0.15, 0.2) is 48.7 Å². The van der Waals surface area contributed by atoms with Gasteiger partial charge in [-0.1, -0.05) is 29.8 Å². The van der Waals surface area contributed by atoms with Crippen LogP contribution in [-0.4, -0.2) is 10.5 Å². The van der Waals surface area contributed by atoms with Crippen molar-refractivity contribution >= 4 is 11.6 Å². The molecule has 0 amide bonds. The monoisotopic (exact) mass is 286 g/mol. The summed E-state index contributed by atoms with van der Waals surface area (Å²) < 4.78 is 0. The minimum Gasteiger partial charge on any atom is -0.304 e. The van der Waals surface area contributed by atoms with Gasteiger partial charge in [0.15, 0.2) is 0 Å². The largest absolute Gasteiger partial charge is 0.304 e.